The number of hydrogen-bond donors (Lipinski definition) is 3. The molecular weight excluding hydrogens is 302 g/mol. The summed E-state index contributed by atoms with van der Waals surface area (Å²) in [6, 6.07) is 1.77. The van der Waals surface area contributed by atoms with Crippen molar-refractivity contribution in [1.29, 1.82) is 0 Å². The van der Waals surface area contributed by atoms with Crippen LogP contribution >= 0.6 is 11.3 Å². The highest BCUT2D eigenvalue weighted by Crippen LogP contribution is 2.14. The molecule has 0 aliphatic carbocycles. The van der Waals surface area contributed by atoms with Gasteiger partial charge in [0.25, 0.3) is 0 Å². The Labute approximate surface area is 135 Å². The number of rotatable bonds is 6. The van der Waals surface area contributed by atoms with Crippen molar-refractivity contribution in [2.75, 3.05) is 6.54 Å². The van der Waals surface area contributed by atoms with Gasteiger partial charge < -0.3 is 21.1 Å². The second kappa shape index (κ2) is 7.11. The zero-order valence-electron chi connectivity index (χ0n) is 13.8. The van der Waals surface area contributed by atoms with Crippen LogP contribution in [0.1, 0.15) is 49.9 Å². The lowest BCUT2D eigenvalue weighted by Gasteiger charge is -2.28. The van der Waals surface area contributed by atoms with Gasteiger partial charge in [-0.2, -0.15) is 0 Å². The normalized spacial score (nSPS) is 12.0. The molecule has 0 spiro atoms. The van der Waals surface area contributed by atoms with Gasteiger partial charge in [-0.1, -0.05) is 0 Å². The molecular formula is C15H25N3O3S. The fraction of sp³-hybridized carbons (Fsp3) is 0.600. The van der Waals surface area contributed by atoms with Crippen molar-refractivity contribution >= 4 is 23.3 Å². The lowest BCUT2D eigenvalue weighted by molar-refractivity contribution is 0.0472. The minimum atomic E-state index is -0.518. The van der Waals surface area contributed by atoms with Crippen LogP contribution in [0.4, 0.5) is 4.79 Å². The number of amides is 2. The van der Waals surface area contributed by atoms with Gasteiger partial charge in [0.1, 0.15) is 5.60 Å². The van der Waals surface area contributed by atoms with Crippen molar-refractivity contribution < 1.29 is 14.3 Å². The van der Waals surface area contributed by atoms with Crippen LogP contribution in [0.25, 0.3) is 0 Å². The van der Waals surface area contributed by atoms with E-state index in [4.69, 9.17) is 10.5 Å². The molecule has 6 nitrogen and oxygen atoms in total. The topological polar surface area (TPSA) is 93.5 Å². The number of carbonyl (C=O) groups is 2. The zero-order chi connectivity index (χ0) is 17.0. The molecule has 2 amide bonds. The maximum absolute atomic E-state index is 11.8. The molecule has 0 aromatic carbocycles. The third kappa shape index (κ3) is 6.91. The van der Waals surface area contributed by atoms with Crippen LogP contribution in [0.3, 0.4) is 0 Å². The predicted octanol–water partition coefficient (Wildman–Crippen LogP) is 2.24. The third-order valence-corrected chi connectivity index (χ3v) is 3.58. The van der Waals surface area contributed by atoms with Gasteiger partial charge in [0, 0.05) is 23.3 Å². The lowest BCUT2D eigenvalue weighted by atomic mass is 10.1. The lowest BCUT2D eigenvalue weighted by Crippen LogP contribution is -2.51. The number of thiophene rings is 1. The smallest absolute Gasteiger partial charge is 0.408 e. The van der Waals surface area contributed by atoms with Gasteiger partial charge in [-0.3, -0.25) is 4.79 Å². The average molecular weight is 327 g/mol. The van der Waals surface area contributed by atoms with Crippen LogP contribution in [0.5, 0.6) is 0 Å². The summed E-state index contributed by atoms with van der Waals surface area (Å²) in [5.41, 5.74) is 4.77. The molecule has 0 unspecified atom stereocenters. The molecule has 0 radical (unpaired) electrons. The highest BCUT2D eigenvalue weighted by atomic mass is 32.1. The molecule has 1 aromatic heterocycles. The fourth-order valence-corrected chi connectivity index (χ4v) is 2.57. The fourth-order valence-electron chi connectivity index (χ4n) is 1.72. The quantitative estimate of drug-likeness (QED) is 0.747. The monoisotopic (exact) mass is 327 g/mol. The Morgan fingerprint density at radius 1 is 1.27 bits per heavy atom. The van der Waals surface area contributed by atoms with E-state index < -0.39 is 23.1 Å². The number of primary amides is 1. The van der Waals surface area contributed by atoms with E-state index in [9.17, 15) is 9.59 Å². The Bertz CT molecular complexity index is 532. The van der Waals surface area contributed by atoms with E-state index in [-0.39, 0.29) is 0 Å². The van der Waals surface area contributed by atoms with Gasteiger partial charge in [0.2, 0.25) is 5.91 Å². The molecule has 4 N–H and O–H groups in total. The summed E-state index contributed by atoms with van der Waals surface area (Å²) in [6.45, 7) is 10.5. The van der Waals surface area contributed by atoms with Crippen molar-refractivity contribution in [3.05, 3.63) is 21.9 Å². The number of alkyl carbamates (subject to hydrolysis) is 1. The summed E-state index contributed by atoms with van der Waals surface area (Å²) in [7, 11) is 0. The van der Waals surface area contributed by atoms with Gasteiger partial charge >= 0.3 is 6.09 Å². The van der Waals surface area contributed by atoms with E-state index in [2.05, 4.69) is 10.6 Å². The molecule has 1 aromatic rings. The number of carbonyl (C=O) groups excluding carboxylic acids is 2. The van der Waals surface area contributed by atoms with Gasteiger partial charge in [-0.15, -0.1) is 11.3 Å². The first-order valence-electron chi connectivity index (χ1n) is 7.08. The van der Waals surface area contributed by atoms with Gasteiger partial charge in [0.15, 0.2) is 0 Å². The van der Waals surface area contributed by atoms with E-state index in [1.807, 2.05) is 34.6 Å². The molecule has 0 atom stereocenters. The Morgan fingerprint density at radius 2 is 1.91 bits per heavy atom. The van der Waals surface area contributed by atoms with Crippen LogP contribution in [0, 0.1) is 0 Å². The summed E-state index contributed by atoms with van der Waals surface area (Å²) in [4.78, 5) is 23.8. The maximum atomic E-state index is 11.8. The zero-order valence-corrected chi connectivity index (χ0v) is 14.6. The maximum Gasteiger partial charge on any atom is 0.408 e. The molecule has 0 aliphatic heterocycles. The molecule has 0 fully saturated rings. The predicted molar refractivity (Wildman–Crippen MR) is 88.0 cm³/mol. The van der Waals surface area contributed by atoms with Crippen LogP contribution < -0.4 is 16.4 Å². The van der Waals surface area contributed by atoms with E-state index in [1.165, 1.54) is 11.3 Å². The molecule has 22 heavy (non-hydrogen) atoms. The first-order chi connectivity index (χ1) is 9.98. The Hall–Kier alpha value is -1.60. The summed E-state index contributed by atoms with van der Waals surface area (Å²) in [5, 5.41) is 7.82. The summed E-state index contributed by atoms with van der Waals surface area (Å²) < 4.78 is 5.24. The van der Waals surface area contributed by atoms with E-state index in [1.54, 1.807) is 11.4 Å². The van der Waals surface area contributed by atoms with Crippen LogP contribution in [0.15, 0.2) is 11.4 Å². The van der Waals surface area contributed by atoms with Gasteiger partial charge in [-0.05, 0) is 40.7 Å². The minimum absolute atomic E-state index is 0.422. The first kappa shape index (κ1) is 18.4. The van der Waals surface area contributed by atoms with Gasteiger partial charge in [0.05, 0.1) is 11.1 Å². The Morgan fingerprint density at radius 3 is 2.41 bits per heavy atom. The Balaban J connectivity index is 2.41. The van der Waals surface area contributed by atoms with Crippen molar-refractivity contribution in [3.8, 4) is 0 Å². The molecule has 0 saturated heterocycles. The average Bonchev–Trinajstić information content (AvgIpc) is 2.73. The first-order valence-corrected chi connectivity index (χ1v) is 7.95. The number of nitrogens with one attached hydrogen (secondary N) is 2. The standard InChI is InChI=1S/C15H25N3O3S/c1-14(2,3)21-13(20)18-15(4,5)9-17-7-11-6-10(8-22-11)12(16)19/h6,8,17H,7,9H2,1-5H3,(H2,16,19)(H,18,20). The highest BCUT2D eigenvalue weighted by Gasteiger charge is 2.24. The van der Waals surface area contributed by atoms with Crippen molar-refractivity contribution in [3.63, 3.8) is 0 Å². The molecule has 124 valence electrons. The van der Waals surface area contributed by atoms with Gasteiger partial charge in [-0.25, -0.2) is 4.79 Å². The van der Waals surface area contributed by atoms with Crippen molar-refractivity contribution in [1.82, 2.24) is 10.6 Å². The summed E-state index contributed by atoms with van der Waals surface area (Å²) in [5.74, 6) is -0.422. The van der Waals surface area contributed by atoms with Crippen LogP contribution in [-0.4, -0.2) is 29.7 Å². The van der Waals surface area contributed by atoms with E-state index in [0.29, 0.717) is 18.7 Å². The van der Waals surface area contributed by atoms with Crippen molar-refractivity contribution in [2.24, 2.45) is 5.73 Å². The molecule has 1 heterocycles. The molecule has 0 saturated carbocycles. The molecule has 1 rings (SSSR count). The molecule has 0 bridgehead atoms. The number of hydrogen-bond acceptors (Lipinski definition) is 5. The molecule has 0 aliphatic rings. The number of ether oxygens (including phenoxy) is 1. The van der Waals surface area contributed by atoms with Crippen LogP contribution in [-0.2, 0) is 11.3 Å². The SMILES string of the molecule is CC(C)(CNCc1cc(C(N)=O)cs1)NC(=O)OC(C)(C)C. The third-order valence-electron chi connectivity index (χ3n) is 2.64. The molecule has 7 heteroatoms. The second-order valence-electron chi connectivity index (χ2n) is 6.78. The highest BCUT2D eigenvalue weighted by molar-refractivity contribution is 7.10. The summed E-state index contributed by atoms with van der Waals surface area (Å²) in [6.07, 6.45) is -0.438. The largest absolute Gasteiger partial charge is 0.444 e. The van der Waals surface area contributed by atoms with E-state index in [0.717, 1.165) is 4.88 Å². The minimum Gasteiger partial charge on any atom is -0.444 e. The summed E-state index contributed by atoms with van der Waals surface area (Å²) >= 11 is 1.47. The second-order valence-corrected chi connectivity index (χ2v) is 7.78. The van der Waals surface area contributed by atoms with Crippen molar-refractivity contribution in [2.45, 2.75) is 52.3 Å². The Kier molecular flexibility index (Phi) is 5.96. The van der Waals surface area contributed by atoms with E-state index >= 15 is 0 Å². The number of nitrogens with two attached hydrogens (primary N) is 1. The van der Waals surface area contributed by atoms with Crippen LogP contribution in [0.2, 0.25) is 0 Å².